The summed E-state index contributed by atoms with van der Waals surface area (Å²) in [6.07, 6.45) is 4.99. The number of nitrogens with zero attached hydrogens (tertiary/aromatic N) is 5. The van der Waals surface area contributed by atoms with E-state index in [9.17, 15) is 4.79 Å². The third-order valence-corrected chi connectivity index (χ3v) is 5.61. The van der Waals surface area contributed by atoms with Crippen LogP contribution in [0.4, 0.5) is 5.82 Å². The molecule has 0 saturated heterocycles. The highest BCUT2D eigenvalue weighted by Gasteiger charge is 2.24. The number of hydrogen-bond acceptors (Lipinski definition) is 7. The number of carbonyl (C=O) groups is 1. The van der Waals surface area contributed by atoms with Crippen molar-refractivity contribution >= 4 is 51.5 Å². The van der Waals surface area contributed by atoms with Crippen molar-refractivity contribution < 1.29 is 4.79 Å². The number of benzene rings is 1. The number of aromatic nitrogens is 4. The van der Waals surface area contributed by atoms with E-state index in [1.54, 1.807) is 29.9 Å². The van der Waals surface area contributed by atoms with Gasteiger partial charge in [0.05, 0.1) is 23.8 Å². The Bertz CT molecular complexity index is 1410. The molecule has 1 amide bonds. The smallest absolute Gasteiger partial charge is 0.257 e. The summed E-state index contributed by atoms with van der Waals surface area (Å²) in [6.45, 7) is 0.407. The zero-order valence-corrected chi connectivity index (χ0v) is 17.1. The molecule has 4 heterocycles. The molecule has 31 heavy (non-hydrogen) atoms. The number of nitrogen functional groups attached to an aromatic ring is 1. The van der Waals surface area contributed by atoms with Gasteiger partial charge in [0, 0.05) is 17.3 Å². The van der Waals surface area contributed by atoms with E-state index in [2.05, 4.69) is 25.4 Å². The lowest BCUT2D eigenvalue weighted by atomic mass is 10.2. The Labute approximate surface area is 181 Å². The molecule has 3 N–H and O–H groups in total. The molecule has 0 aliphatic carbocycles. The van der Waals surface area contributed by atoms with Crippen molar-refractivity contribution in [2.24, 2.45) is 5.10 Å². The van der Waals surface area contributed by atoms with Crippen LogP contribution in [0.15, 0.2) is 71.4 Å². The summed E-state index contributed by atoms with van der Waals surface area (Å²) < 4.78 is 1.45. The molecule has 5 aromatic rings. The zero-order chi connectivity index (χ0) is 21.2. The highest BCUT2D eigenvalue weighted by molar-refractivity contribution is 7.09. The van der Waals surface area contributed by atoms with Gasteiger partial charge in [-0.15, -0.1) is 11.3 Å². The summed E-state index contributed by atoms with van der Waals surface area (Å²) >= 11 is 1.57. The van der Waals surface area contributed by atoms with Crippen LogP contribution in [-0.4, -0.2) is 31.7 Å². The Balaban J connectivity index is 1.63. The average Bonchev–Trinajstić information content (AvgIpc) is 3.41. The molecule has 0 fully saturated rings. The van der Waals surface area contributed by atoms with Crippen LogP contribution in [0, 0.1) is 0 Å². The number of fused-ring (bicyclic) bond motifs is 2. The van der Waals surface area contributed by atoms with Crippen LogP contribution in [0.2, 0.25) is 0 Å². The molecule has 5 rings (SSSR count). The quantitative estimate of drug-likeness (QED) is 0.418. The van der Waals surface area contributed by atoms with Crippen molar-refractivity contribution in [2.45, 2.75) is 6.54 Å². The lowest BCUT2D eigenvalue weighted by Gasteiger charge is -2.04. The van der Waals surface area contributed by atoms with E-state index < -0.39 is 0 Å². The van der Waals surface area contributed by atoms with Crippen molar-refractivity contribution in [3.63, 3.8) is 0 Å². The van der Waals surface area contributed by atoms with Gasteiger partial charge < -0.3 is 11.1 Å². The van der Waals surface area contributed by atoms with Crippen LogP contribution in [0.5, 0.6) is 0 Å². The van der Waals surface area contributed by atoms with Gasteiger partial charge in [0.1, 0.15) is 16.9 Å². The SMILES string of the molecule is Nc1c(C(=O)NCc2cccs2)c2nc3ccccc3nc2n1/N=C/c1ccncc1. The minimum atomic E-state index is -0.321. The number of rotatable bonds is 5. The fraction of sp³-hybridized carbons (Fsp3) is 0.0455. The Hall–Kier alpha value is -4.11. The zero-order valence-electron chi connectivity index (χ0n) is 16.3. The van der Waals surface area contributed by atoms with Crippen LogP contribution < -0.4 is 11.1 Å². The van der Waals surface area contributed by atoms with Crippen molar-refractivity contribution in [3.8, 4) is 0 Å². The number of anilines is 1. The van der Waals surface area contributed by atoms with Gasteiger partial charge in [0.2, 0.25) is 0 Å². The predicted molar refractivity (Wildman–Crippen MR) is 122 cm³/mol. The maximum absolute atomic E-state index is 13.1. The molecule has 0 bridgehead atoms. The Kier molecular flexibility index (Phi) is 4.85. The molecule has 9 heteroatoms. The summed E-state index contributed by atoms with van der Waals surface area (Å²) in [4.78, 5) is 27.5. The highest BCUT2D eigenvalue weighted by Crippen LogP contribution is 2.28. The van der Waals surface area contributed by atoms with Crippen LogP contribution in [0.3, 0.4) is 0 Å². The molecule has 0 aliphatic heterocycles. The van der Waals surface area contributed by atoms with Gasteiger partial charge in [0.25, 0.3) is 5.91 Å². The molecule has 0 spiro atoms. The average molecular weight is 427 g/mol. The fourth-order valence-corrected chi connectivity index (χ4v) is 3.88. The molecule has 0 saturated carbocycles. The van der Waals surface area contributed by atoms with Gasteiger partial charge in [-0.1, -0.05) is 18.2 Å². The summed E-state index contributed by atoms with van der Waals surface area (Å²) in [5.41, 5.74) is 9.69. The number of pyridine rings is 1. The van der Waals surface area contributed by atoms with Crippen LogP contribution in [-0.2, 0) is 6.54 Å². The summed E-state index contributed by atoms with van der Waals surface area (Å²) in [7, 11) is 0. The van der Waals surface area contributed by atoms with Crippen molar-refractivity contribution in [2.75, 3.05) is 5.73 Å². The van der Waals surface area contributed by atoms with E-state index in [-0.39, 0.29) is 17.3 Å². The first-order chi connectivity index (χ1) is 15.2. The Morgan fingerprint density at radius 1 is 1.10 bits per heavy atom. The second kappa shape index (κ2) is 7.96. The fourth-order valence-electron chi connectivity index (χ4n) is 3.23. The topological polar surface area (TPSA) is 111 Å². The first kappa shape index (κ1) is 18.9. The number of hydrogen-bond donors (Lipinski definition) is 2. The number of carbonyl (C=O) groups excluding carboxylic acids is 1. The summed E-state index contributed by atoms with van der Waals surface area (Å²) in [6, 6.07) is 15.0. The number of nitrogens with two attached hydrogens (primary N) is 1. The number of para-hydroxylation sites is 2. The van der Waals surface area contributed by atoms with Crippen molar-refractivity contribution in [3.05, 3.63) is 82.3 Å². The number of nitrogens with one attached hydrogen (secondary N) is 1. The standard InChI is InChI=1S/C22H17N7OS/c23-20-18(22(30)25-13-15-4-3-11-31-15)19-21(28-17-6-2-1-5-16(17)27-19)29(20)26-12-14-7-9-24-10-8-14/h1-12H,13,23H2,(H,25,30)/b26-12+. The van der Waals surface area contributed by atoms with Crippen LogP contribution in [0.1, 0.15) is 20.8 Å². The molecular formula is C22H17N7OS. The highest BCUT2D eigenvalue weighted by atomic mass is 32.1. The molecule has 8 nitrogen and oxygen atoms in total. The van der Waals surface area contributed by atoms with E-state index in [1.165, 1.54) is 4.68 Å². The molecular weight excluding hydrogens is 410 g/mol. The molecule has 0 unspecified atom stereocenters. The molecule has 4 aromatic heterocycles. The molecule has 152 valence electrons. The third kappa shape index (κ3) is 3.62. The van der Waals surface area contributed by atoms with Crippen molar-refractivity contribution in [1.82, 2.24) is 24.9 Å². The maximum Gasteiger partial charge on any atom is 0.257 e. The predicted octanol–water partition coefficient (Wildman–Crippen LogP) is 3.44. The van der Waals surface area contributed by atoms with Gasteiger partial charge in [-0.05, 0) is 41.3 Å². The van der Waals surface area contributed by atoms with Crippen molar-refractivity contribution in [1.29, 1.82) is 0 Å². The second-order valence-electron chi connectivity index (χ2n) is 6.74. The molecule has 0 radical (unpaired) electrons. The Morgan fingerprint density at radius 3 is 2.61 bits per heavy atom. The van der Waals surface area contributed by atoms with E-state index in [0.717, 1.165) is 10.4 Å². The Morgan fingerprint density at radius 2 is 1.87 bits per heavy atom. The number of thiophene rings is 1. The minimum absolute atomic E-state index is 0.180. The van der Waals surface area contributed by atoms with Gasteiger partial charge in [-0.3, -0.25) is 9.78 Å². The molecule has 0 aliphatic rings. The summed E-state index contributed by atoms with van der Waals surface area (Å²) in [5, 5.41) is 9.37. The van der Waals surface area contributed by atoms with Gasteiger partial charge in [0.15, 0.2) is 5.65 Å². The van der Waals surface area contributed by atoms with E-state index in [1.807, 2.05) is 53.9 Å². The largest absolute Gasteiger partial charge is 0.383 e. The normalized spacial score (nSPS) is 11.5. The van der Waals surface area contributed by atoms with Gasteiger partial charge in [-0.2, -0.15) is 9.78 Å². The van der Waals surface area contributed by atoms with Crippen LogP contribution in [0.25, 0.3) is 22.2 Å². The lowest BCUT2D eigenvalue weighted by molar-refractivity contribution is 0.0953. The third-order valence-electron chi connectivity index (χ3n) is 4.73. The monoisotopic (exact) mass is 427 g/mol. The minimum Gasteiger partial charge on any atom is -0.383 e. The van der Waals surface area contributed by atoms with Gasteiger partial charge in [-0.25, -0.2) is 9.97 Å². The van der Waals surface area contributed by atoms with E-state index in [4.69, 9.17) is 5.73 Å². The first-order valence-electron chi connectivity index (χ1n) is 9.52. The second-order valence-corrected chi connectivity index (χ2v) is 7.78. The summed E-state index contributed by atoms with van der Waals surface area (Å²) in [5.74, 6) is -0.141. The van der Waals surface area contributed by atoms with E-state index in [0.29, 0.717) is 28.7 Å². The first-order valence-corrected chi connectivity index (χ1v) is 10.4. The number of amides is 1. The maximum atomic E-state index is 13.1. The van der Waals surface area contributed by atoms with E-state index >= 15 is 0 Å². The van der Waals surface area contributed by atoms with Crippen LogP contribution >= 0.6 is 11.3 Å². The molecule has 1 aromatic carbocycles. The molecule has 0 atom stereocenters. The van der Waals surface area contributed by atoms with Gasteiger partial charge >= 0.3 is 0 Å². The lowest BCUT2D eigenvalue weighted by Crippen LogP contribution is -2.23.